The number of nitrogens with zero attached hydrogens (tertiary/aromatic N) is 3. The Labute approximate surface area is 165 Å². The maximum atomic E-state index is 13.0. The molecule has 0 radical (unpaired) electrons. The van der Waals surface area contributed by atoms with Crippen molar-refractivity contribution in [3.63, 3.8) is 0 Å². The molecule has 5 aliphatic rings. The first kappa shape index (κ1) is 18.5. The quantitative estimate of drug-likeness (QED) is 0.568. The summed E-state index contributed by atoms with van der Waals surface area (Å²) in [6.45, 7) is 2.58. The van der Waals surface area contributed by atoms with Crippen LogP contribution in [0.2, 0.25) is 0 Å². The van der Waals surface area contributed by atoms with Crippen LogP contribution in [0, 0.1) is 27.9 Å². The third-order valence-electron chi connectivity index (χ3n) is 7.60. The number of sulfonamides is 1. The normalized spacial score (nSPS) is 35.9. The van der Waals surface area contributed by atoms with Crippen LogP contribution < -0.4 is 0 Å². The summed E-state index contributed by atoms with van der Waals surface area (Å²) in [4.78, 5) is 13.0. The minimum atomic E-state index is -3.60. The fourth-order valence-electron chi connectivity index (χ4n) is 6.74. The van der Waals surface area contributed by atoms with E-state index in [2.05, 4.69) is 4.90 Å². The molecule has 6 rings (SSSR count). The van der Waals surface area contributed by atoms with Crippen LogP contribution in [0.1, 0.15) is 38.5 Å². The minimum Gasteiger partial charge on any atom is -0.295 e. The number of hydrogen-bond acceptors (Lipinski definition) is 5. The zero-order chi connectivity index (χ0) is 19.5. The standard InChI is InChI=1S/C20H27N3O4S/c24-23(25)18-1-3-19(4-2-18)28(26,27)22-7-5-21(6-8-22)20-12-15-9-16(13-20)11-17(10-15)14-20/h1-4,15-17H,5-14H2. The van der Waals surface area contributed by atoms with Crippen LogP contribution in [-0.4, -0.2) is 54.3 Å². The molecule has 0 N–H and O–H groups in total. The summed E-state index contributed by atoms with van der Waals surface area (Å²) in [6, 6.07) is 5.22. The van der Waals surface area contributed by atoms with Crippen molar-refractivity contribution in [3.8, 4) is 0 Å². The summed E-state index contributed by atoms with van der Waals surface area (Å²) >= 11 is 0. The number of benzene rings is 1. The molecule has 4 bridgehead atoms. The second kappa shape index (κ2) is 6.50. The van der Waals surface area contributed by atoms with E-state index in [1.807, 2.05) is 0 Å². The molecule has 0 amide bonds. The van der Waals surface area contributed by atoms with Gasteiger partial charge in [-0.1, -0.05) is 0 Å². The summed E-state index contributed by atoms with van der Waals surface area (Å²) in [7, 11) is -3.60. The Hall–Kier alpha value is -1.51. The molecule has 1 aromatic rings. The predicted molar refractivity (Wildman–Crippen MR) is 104 cm³/mol. The monoisotopic (exact) mass is 405 g/mol. The van der Waals surface area contributed by atoms with Crippen LogP contribution in [0.4, 0.5) is 5.69 Å². The Kier molecular flexibility index (Phi) is 4.30. The highest BCUT2D eigenvalue weighted by atomic mass is 32.2. The Morgan fingerprint density at radius 2 is 1.39 bits per heavy atom. The van der Waals surface area contributed by atoms with E-state index < -0.39 is 14.9 Å². The van der Waals surface area contributed by atoms with Crippen molar-refractivity contribution in [3.05, 3.63) is 34.4 Å². The van der Waals surface area contributed by atoms with Crippen molar-refractivity contribution < 1.29 is 13.3 Å². The Bertz CT molecular complexity index is 840. The van der Waals surface area contributed by atoms with Gasteiger partial charge < -0.3 is 0 Å². The average Bonchev–Trinajstić information content (AvgIpc) is 2.67. The van der Waals surface area contributed by atoms with Gasteiger partial charge in [0.25, 0.3) is 5.69 Å². The molecule has 28 heavy (non-hydrogen) atoms. The lowest BCUT2D eigenvalue weighted by molar-refractivity contribution is -0.384. The Morgan fingerprint density at radius 3 is 1.86 bits per heavy atom. The molecule has 7 nitrogen and oxygen atoms in total. The summed E-state index contributed by atoms with van der Waals surface area (Å²) in [5.74, 6) is 2.65. The molecule has 0 unspecified atom stereocenters. The molecule has 1 saturated heterocycles. The Balaban J connectivity index is 1.28. The van der Waals surface area contributed by atoms with Gasteiger partial charge in [-0.05, 0) is 68.4 Å². The molecule has 5 fully saturated rings. The summed E-state index contributed by atoms with van der Waals surface area (Å²) < 4.78 is 27.5. The fourth-order valence-corrected chi connectivity index (χ4v) is 8.17. The van der Waals surface area contributed by atoms with Crippen LogP contribution in [0.25, 0.3) is 0 Å². The van der Waals surface area contributed by atoms with Crippen LogP contribution in [0.5, 0.6) is 0 Å². The highest BCUT2D eigenvalue weighted by molar-refractivity contribution is 7.89. The number of nitro groups is 1. The molecule has 0 spiro atoms. The third kappa shape index (κ3) is 2.97. The molecule has 4 saturated carbocycles. The first-order valence-electron chi connectivity index (χ1n) is 10.4. The van der Waals surface area contributed by atoms with Crippen molar-refractivity contribution in [1.82, 2.24) is 9.21 Å². The number of non-ortho nitro benzene ring substituents is 1. The van der Waals surface area contributed by atoms with E-state index >= 15 is 0 Å². The molecule has 0 aromatic heterocycles. The van der Waals surface area contributed by atoms with Crippen molar-refractivity contribution >= 4 is 15.7 Å². The second-order valence-corrected chi connectivity index (χ2v) is 11.2. The van der Waals surface area contributed by atoms with Crippen molar-refractivity contribution in [2.75, 3.05) is 26.2 Å². The van der Waals surface area contributed by atoms with E-state index in [9.17, 15) is 18.5 Å². The van der Waals surface area contributed by atoms with Gasteiger partial charge in [-0.25, -0.2) is 8.42 Å². The maximum absolute atomic E-state index is 13.0. The van der Waals surface area contributed by atoms with Gasteiger partial charge in [0.1, 0.15) is 0 Å². The van der Waals surface area contributed by atoms with Crippen LogP contribution in [0.3, 0.4) is 0 Å². The van der Waals surface area contributed by atoms with E-state index in [0.717, 1.165) is 30.8 Å². The van der Waals surface area contributed by atoms with E-state index in [1.165, 1.54) is 62.8 Å². The van der Waals surface area contributed by atoms with Gasteiger partial charge >= 0.3 is 0 Å². The zero-order valence-corrected chi connectivity index (χ0v) is 16.8. The van der Waals surface area contributed by atoms with Gasteiger partial charge in [-0.3, -0.25) is 15.0 Å². The molecule has 1 aromatic carbocycles. The predicted octanol–water partition coefficient (Wildman–Crippen LogP) is 2.87. The molecule has 0 atom stereocenters. The second-order valence-electron chi connectivity index (χ2n) is 9.28. The minimum absolute atomic E-state index is 0.0921. The first-order chi connectivity index (χ1) is 13.4. The SMILES string of the molecule is O=[N+]([O-])c1ccc(S(=O)(=O)N2CCN(C34CC5CC(CC(C5)C3)C4)CC2)cc1. The highest BCUT2D eigenvalue weighted by Crippen LogP contribution is 2.57. The van der Waals surface area contributed by atoms with Crippen LogP contribution in [-0.2, 0) is 10.0 Å². The molecule has 1 heterocycles. The number of hydrogen-bond donors (Lipinski definition) is 0. The van der Waals surface area contributed by atoms with Crippen molar-refractivity contribution in [2.24, 2.45) is 17.8 Å². The van der Waals surface area contributed by atoms with Crippen molar-refractivity contribution in [2.45, 2.75) is 49.0 Å². The van der Waals surface area contributed by atoms with Gasteiger partial charge in [-0.2, -0.15) is 4.31 Å². The maximum Gasteiger partial charge on any atom is 0.269 e. The lowest BCUT2D eigenvalue weighted by Crippen LogP contribution is -2.64. The summed E-state index contributed by atoms with van der Waals surface area (Å²) in [5, 5.41) is 10.8. The van der Waals surface area contributed by atoms with E-state index in [4.69, 9.17) is 0 Å². The van der Waals surface area contributed by atoms with E-state index in [-0.39, 0.29) is 10.6 Å². The third-order valence-corrected chi connectivity index (χ3v) is 9.51. The highest BCUT2D eigenvalue weighted by Gasteiger charge is 2.53. The Morgan fingerprint density at radius 1 is 0.893 bits per heavy atom. The van der Waals surface area contributed by atoms with Crippen LogP contribution >= 0.6 is 0 Å². The smallest absolute Gasteiger partial charge is 0.269 e. The van der Waals surface area contributed by atoms with Gasteiger partial charge in [0.2, 0.25) is 10.0 Å². The van der Waals surface area contributed by atoms with Gasteiger partial charge in [0.15, 0.2) is 0 Å². The lowest BCUT2D eigenvalue weighted by atomic mass is 9.52. The number of piperazine rings is 1. The van der Waals surface area contributed by atoms with E-state index in [0.29, 0.717) is 18.6 Å². The first-order valence-corrected chi connectivity index (χ1v) is 11.8. The summed E-state index contributed by atoms with van der Waals surface area (Å²) in [6.07, 6.45) is 8.13. The molecular formula is C20H27N3O4S. The zero-order valence-electron chi connectivity index (χ0n) is 16.0. The van der Waals surface area contributed by atoms with Gasteiger partial charge in [-0.15, -0.1) is 0 Å². The largest absolute Gasteiger partial charge is 0.295 e. The van der Waals surface area contributed by atoms with Crippen molar-refractivity contribution in [1.29, 1.82) is 0 Å². The molecule has 8 heteroatoms. The topological polar surface area (TPSA) is 83.8 Å². The molecule has 4 aliphatic carbocycles. The van der Waals surface area contributed by atoms with Gasteiger partial charge in [0, 0.05) is 43.9 Å². The number of nitro benzene ring substituents is 1. The molecular weight excluding hydrogens is 378 g/mol. The number of rotatable bonds is 4. The lowest BCUT2D eigenvalue weighted by Gasteiger charge is -2.61. The molecule has 152 valence electrons. The average molecular weight is 406 g/mol. The molecule has 1 aliphatic heterocycles. The van der Waals surface area contributed by atoms with Gasteiger partial charge in [0.05, 0.1) is 9.82 Å². The van der Waals surface area contributed by atoms with Crippen LogP contribution in [0.15, 0.2) is 29.2 Å². The van der Waals surface area contributed by atoms with E-state index in [1.54, 1.807) is 4.31 Å². The summed E-state index contributed by atoms with van der Waals surface area (Å²) in [5.41, 5.74) is 0.225. The fraction of sp³-hybridized carbons (Fsp3) is 0.700.